The largest absolute Gasteiger partial charge is 0.491 e. The monoisotopic (exact) mass is 238 g/mol. The first-order chi connectivity index (χ1) is 8.26. The third kappa shape index (κ3) is 5.71. The Morgan fingerprint density at radius 3 is 2.47 bits per heavy atom. The predicted molar refractivity (Wildman–Crippen MR) is 68.3 cm³/mol. The summed E-state index contributed by atoms with van der Waals surface area (Å²) in [6.07, 6.45) is 4.02. The average molecular weight is 238 g/mol. The highest BCUT2D eigenvalue weighted by Crippen LogP contribution is 2.14. The molecule has 2 N–H and O–H groups in total. The van der Waals surface area contributed by atoms with Gasteiger partial charge in [-0.15, -0.1) is 0 Å². The molecule has 96 valence electrons. The van der Waals surface area contributed by atoms with Crippen molar-refractivity contribution in [2.75, 3.05) is 13.2 Å². The first-order valence-corrected chi connectivity index (χ1v) is 6.27. The van der Waals surface area contributed by atoms with Gasteiger partial charge in [-0.3, -0.25) is 0 Å². The zero-order valence-corrected chi connectivity index (χ0v) is 10.4. The van der Waals surface area contributed by atoms with Gasteiger partial charge in [0.15, 0.2) is 0 Å². The third-order valence-corrected chi connectivity index (χ3v) is 2.65. The van der Waals surface area contributed by atoms with E-state index in [1.54, 1.807) is 0 Å². The van der Waals surface area contributed by atoms with Crippen molar-refractivity contribution in [3.05, 3.63) is 29.8 Å². The third-order valence-electron chi connectivity index (χ3n) is 2.65. The maximum atomic E-state index is 9.14. The lowest BCUT2D eigenvalue weighted by atomic mass is 10.1. The molecule has 1 aromatic carbocycles. The van der Waals surface area contributed by atoms with E-state index in [2.05, 4.69) is 19.1 Å². The number of benzene rings is 1. The second-order valence-corrected chi connectivity index (χ2v) is 4.25. The Morgan fingerprint density at radius 1 is 1.18 bits per heavy atom. The Hall–Kier alpha value is -1.06. The van der Waals surface area contributed by atoms with E-state index < -0.39 is 6.10 Å². The Bertz CT molecular complexity index is 295. The summed E-state index contributed by atoms with van der Waals surface area (Å²) in [4.78, 5) is 0. The van der Waals surface area contributed by atoms with E-state index in [0.717, 1.165) is 12.2 Å². The van der Waals surface area contributed by atoms with E-state index in [1.807, 2.05) is 12.1 Å². The van der Waals surface area contributed by atoms with Gasteiger partial charge in [-0.2, -0.15) is 0 Å². The van der Waals surface area contributed by atoms with Crippen molar-refractivity contribution in [2.45, 2.75) is 38.7 Å². The molecule has 0 heterocycles. The van der Waals surface area contributed by atoms with Crippen molar-refractivity contribution >= 4 is 0 Å². The van der Waals surface area contributed by atoms with Crippen LogP contribution < -0.4 is 4.74 Å². The Labute approximate surface area is 103 Å². The first kappa shape index (κ1) is 14.0. The summed E-state index contributed by atoms with van der Waals surface area (Å²) >= 11 is 0. The van der Waals surface area contributed by atoms with Gasteiger partial charge in [0.1, 0.15) is 18.5 Å². The minimum Gasteiger partial charge on any atom is -0.491 e. The van der Waals surface area contributed by atoms with Crippen LogP contribution in [0.25, 0.3) is 0 Å². The summed E-state index contributed by atoms with van der Waals surface area (Å²) in [6.45, 7) is 2.06. The molecule has 0 bridgehead atoms. The van der Waals surface area contributed by atoms with Gasteiger partial charge < -0.3 is 14.9 Å². The molecule has 0 spiro atoms. The van der Waals surface area contributed by atoms with Gasteiger partial charge in [0.25, 0.3) is 0 Å². The number of unbranched alkanes of at least 4 members (excludes halogenated alkanes) is 2. The summed E-state index contributed by atoms with van der Waals surface area (Å²) in [6, 6.07) is 7.92. The molecule has 0 amide bonds. The second-order valence-electron chi connectivity index (χ2n) is 4.25. The standard InChI is InChI=1S/C14H22O3/c1-2-3-4-5-12-6-8-14(9-7-12)17-11-13(16)10-15/h6-9,13,15-16H,2-5,10-11H2,1H3. The molecule has 0 aliphatic carbocycles. The highest BCUT2D eigenvalue weighted by Gasteiger charge is 2.02. The fourth-order valence-corrected chi connectivity index (χ4v) is 1.58. The second kappa shape index (κ2) is 8.09. The smallest absolute Gasteiger partial charge is 0.119 e. The summed E-state index contributed by atoms with van der Waals surface area (Å²) in [7, 11) is 0. The molecule has 0 radical (unpaired) electrons. The molecule has 3 nitrogen and oxygen atoms in total. The first-order valence-electron chi connectivity index (χ1n) is 6.27. The highest BCUT2D eigenvalue weighted by molar-refractivity contribution is 5.27. The van der Waals surface area contributed by atoms with Crippen molar-refractivity contribution in [2.24, 2.45) is 0 Å². The molecule has 1 rings (SSSR count). The predicted octanol–water partition coefficient (Wildman–Crippen LogP) is 2.15. The van der Waals surface area contributed by atoms with Crippen LogP contribution in [-0.4, -0.2) is 29.5 Å². The summed E-state index contributed by atoms with van der Waals surface area (Å²) in [5.74, 6) is 0.733. The van der Waals surface area contributed by atoms with Crippen molar-refractivity contribution in [3.63, 3.8) is 0 Å². The van der Waals surface area contributed by atoms with E-state index in [1.165, 1.54) is 24.8 Å². The van der Waals surface area contributed by atoms with Crippen molar-refractivity contribution in [1.29, 1.82) is 0 Å². The molecular formula is C14H22O3. The van der Waals surface area contributed by atoms with Crippen molar-refractivity contribution < 1.29 is 14.9 Å². The van der Waals surface area contributed by atoms with Crippen LogP contribution in [0.1, 0.15) is 31.7 Å². The summed E-state index contributed by atoms with van der Waals surface area (Å²) in [5, 5.41) is 17.8. The lowest BCUT2D eigenvalue weighted by Crippen LogP contribution is -2.21. The number of hydrogen-bond acceptors (Lipinski definition) is 3. The normalized spacial score (nSPS) is 12.4. The summed E-state index contributed by atoms with van der Waals surface area (Å²) < 4.78 is 5.33. The lowest BCUT2D eigenvalue weighted by molar-refractivity contribution is 0.0536. The Balaban J connectivity index is 2.34. The van der Waals surface area contributed by atoms with Gasteiger partial charge in [0.05, 0.1) is 6.61 Å². The molecule has 0 aliphatic heterocycles. The van der Waals surface area contributed by atoms with Crippen LogP contribution in [0.3, 0.4) is 0 Å². The zero-order chi connectivity index (χ0) is 12.5. The topological polar surface area (TPSA) is 49.7 Å². The van der Waals surface area contributed by atoms with Crippen LogP contribution in [0, 0.1) is 0 Å². The van der Waals surface area contributed by atoms with Crippen LogP contribution in [0.15, 0.2) is 24.3 Å². The summed E-state index contributed by atoms with van der Waals surface area (Å²) in [5.41, 5.74) is 1.31. The van der Waals surface area contributed by atoms with Gasteiger partial charge in [0.2, 0.25) is 0 Å². The molecule has 0 fully saturated rings. The van der Waals surface area contributed by atoms with Gasteiger partial charge in [-0.05, 0) is 30.5 Å². The SMILES string of the molecule is CCCCCc1ccc(OCC(O)CO)cc1. The highest BCUT2D eigenvalue weighted by atomic mass is 16.5. The number of hydrogen-bond donors (Lipinski definition) is 2. The Kier molecular flexibility index (Phi) is 6.67. The van der Waals surface area contributed by atoms with Crippen LogP contribution in [0.5, 0.6) is 5.75 Å². The minimum atomic E-state index is -0.806. The van der Waals surface area contributed by atoms with Crippen LogP contribution in [-0.2, 0) is 6.42 Å². The van der Waals surface area contributed by atoms with Crippen LogP contribution >= 0.6 is 0 Å². The van der Waals surface area contributed by atoms with E-state index in [9.17, 15) is 0 Å². The number of aliphatic hydroxyl groups excluding tert-OH is 2. The quantitative estimate of drug-likeness (QED) is 0.682. The fourth-order valence-electron chi connectivity index (χ4n) is 1.58. The molecule has 0 saturated heterocycles. The maximum Gasteiger partial charge on any atom is 0.119 e. The molecule has 0 saturated carbocycles. The van der Waals surface area contributed by atoms with Crippen LogP contribution in [0.4, 0.5) is 0 Å². The maximum absolute atomic E-state index is 9.14. The van der Waals surface area contributed by atoms with E-state index in [-0.39, 0.29) is 13.2 Å². The van der Waals surface area contributed by atoms with Crippen molar-refractivity contribution in [1.82, 2.24) is 0 Å². The molecule has 0 aliphatic rings. The molecule has 1 unspecified atom stereocenters. The molecule has 0 aromatic heterocycles. The van der Waals surface area contributed by atoms with Gasteiger partial charge in [-0.25, -0.2) is 0 Å². The van der Waals surface area contributed by atoms with Gasteiger partial charge >= 0.3 is 0 Å². The fraction of sp³-hybridized carbons (Fsp3) is 0.571. The van der Waals surface area contributed by atoms with Crippen molar-refractivity contribution in [3.8, 4) is 5.75 Å². The number of aryl methyl sites for hydroxylation is 1. The number of aliphatic hydroxyl groups is 2. The van der Waals surface area contributed by atoms with E-state index >= 15 is 0 Å². The average Bonchev–Trinajstić information content (AvgIpc) is 2.37. The molecule has 17 heavy (non-hydrogen) atoms. The van der Waals surface area contributed by atoms with E-state index in [4.69, 9.17) is 14.9 Å². The number of ether oxygens (including phenoxy) is 1. The molecule has 1 atom stereocenters. The lowest BCUT2D eigenvalue weighted by Gasteiger charge is -2.10. The minimum absolute atomic E-state index is 0.131. The zero-order valence-electron chi connectivity index (χ0n) is 10.4. The molecular weight excluding hydrogens is 216 g/mol. The molecule has 3 heteroatoms. The van der Waals surface area contributed by atoms with Gasteiger partial charge in [-0.1, -0.05) is 31.9 Å². The molecule has 1 aromatic rings. The number of rotatable bonds is 8. The van der Waals surface area contributed by atoms with Crippen LogP contribution in [0.2, 0.25) is 0 Å². The van der Waals surface area contributed by atoms with E-state index in [0.29, 0.717) is 0 Å². The Morgan fingerprint density at radius 2 is 1.88 bits per heavy atom. The van der Waals surface area contributed by atoms with Gasteiger partial charge in [0, 0.05) is 0 Å².